The van der Waals surface area contributed by atoms with Crippen molar-refractivity contribution in [2.45, 2.75) is 6.92 Å². The van der Waals surface area contributed by atoms with E-state index in [0.29, 0.717) is 0 Å². The Labute approximate surface area is 141 Å². The van der Waals surface area contributed by atoms with Crippen molar-refractivity contribution < 1.29 is 28.8 Å². The molecule has 0 aromatic heterocycles. The van der Waals surface area contributed by atoms with Crippen LogP contribution in [0.5, 0.6) is 0 Å². The van der Waals surface area contributed by atoms with Crippen molar-refractivity contribution in [3.8, 4) is 0 Å². The number of nitro groups is 1. The second kappa shape index (κ2) is 9.26. The van der Waals surface area contributed by atoms with Crippen molar-refractivity contribution in [3.05, 3.63) is 45.5 Å². The number of carbonyl (C=O) groups excluding carboxylic acids is 3. The summed E-state index contributed by atoms with van der Waals surface area (Å²) in [7, 11) is 0. The monoisotopic (exact) mass is 356 g/mol. The Balaban J connectivity index is 2.52. The van der Waals surface area contributed by atoms with Crippen LogP contribution in [0.25, 0.3) is 0 Å². The number of hydrogen-bond acceptors (Lipinski definition) is 7. The van der Waals surface area contributed by atoms with Gasteiger partial charge in [0.25, 0.3) is 11.6 Å². The minimum Gasteiger partial charge on any atom is -0.463 e. The predicted octanol–water partition coefficient (Wildman–Crippen LogP) is 1.85. The summed E-state index contributed by atoms with van der Waals surface area (Å²) in [6.07, 6.45) is 1.69. The molecule has 0 aliphatic heterocycles. The number of rotatable bonds is 7. The lowest BCUT2D eigenvalue weighted by Gasteiger charge is -2.06. The van der Waals surface area contributed by atoms with E-state index in [1.54, 1.807) is 6.92 Å². The first kappa shape index (κ1) is 19.1. The van der Waals surface area contributed by atoms with Crippen LogP contribution in [0.4, 0.5) is 11.4 Å². The largest absolute Gasteiger partial charge is 0.463 e. The number of esters is 2. The molecule has 0 fully saturated rings. The SMILES string of the molecule is CCOC(=O)/C=C/C(=O)OCC(=O)Nc1ccc(Cl)c([N+](=O)[O-])c1. The van der Waals surface area contributed by atoms with Gasteiger partial charge in [0.1, 0.15) is 5.02 Å². The number of hydrogen-bond donors (Lipinski definition) is 1. The first-order valence-electron chi connectivity index (χ1n) is 6.59. The van der Waals surface area contributed by atoms with Crippen LogP contribution in [0, 0.1) is 10.1 Å². The molecule has 0 unspecified atom stereocenters. The number of nitro benzene ring substituents is 1. The Morgan fingerprint density at radius 1 is 1.25 bits per heavy atom. The molecule has 0 saturated carbocycles. The minimum absolute atomic E-state index is 0.0754. The summed E-state index contributed by atoms with van der Waals surface area (Å²) in [6.45, 7) is 1.13. The standard InChI is InChI=1S/C14H13ClN2O7/c1-2-23-13(19)5-6-14(20)24-8-12(18)16-9-3-4-10(15)11(7-9)17(21)22/h3-7H,2,8H2,1H3,(H,16,18)/b6-5+. The molecule has 9 nitrogen and oxygen atoms in total. The third-order valence-corrected chi connectivity index (χ3v) is 2.73. The molecule has 0 atom stereocenters. The summed E-state index contributed by atoms with van der Waals surface area (Å²) in [5, 5.41) is 13.0. The highest BCUT2D eigenvalue weighted by Gasteiger charge is 2.14. The third-order valence-electron chi connectivity index (χ3n) is 2.41. The normalized spacial score (nSPS) is 10.2. The van der Waals surface area contributed by atoms with Crippen molar-refractivity contribution in [1.29, 1.82) is 0 Å². The number of nitrogens with one attached hydrogen (secondary N) is 1. The first-order valence-corrected chi connectivity index (χ1v) is 6.96. The lowest BCUT2D eigenvalue weighted by atomic mass is 10.3. The zero-order chi connectivity index (χ0) is 18.1. The van der Waals surface area contributed by atoms with E-state index in [0.717, 1.165) is 18.2 Å². The van der Waals surface area contributed by atoms with E-state index in [1.165, 1.54) is 12.1 Å². The number of carbonyl (C=O) groups is 3. The maximum atomic E-state index is 11.6. The quantitative estimate of drug-likeness (QED) is 0.342. The Kier molecular flexibility index (Phi) is 7.37. The Bertz CT molecular complexity index is 688. The van der Waals surface area contributed by atoms with Gasteiger partial charge >= 0.3 is 11.9 Å². The highest BCUT2D eigenvalue weighted by atomic mass is 35.5. The van der Waals surface area contributed by atoms with E-state index in [9.17, 15) is 24.5 Å². The van der Waals surface area contributed by atoms with E-state index in [1.807, 2.05) is 0 Å². The van der Waals surface area contributed by atoms with Gasteiger partial charge < -0.3 is 14.8 Å². The van der Waals surface area contributed by atoms with Crippen LogP contribution in [-0.4, -0.2) is 36.0 Å². The summed E-state index contributed by atoms with van der Waals surface area (Å²) in [5.41, 5.74) is -0.252. The van der Waals surface area contributed by atoms with Crippen LogP contribution in [0.2, 0.25) is 5.02 Å². The maximum absolute atomic E-state index is 11.6. The van der Waals surface area contributed by atoms with Crippen molar-refractivity contribution in [3.63, 3.8) is 0 Å². The zero-order valence-electron chi connectivity index (χ0n) is 12.5. The van der Waals surface area contributed by atoms with Crippen LogP contribution in [0.15, 0.2) is 30.4 Å². The summed E-state index contributed by atoms with van der Waals surface area (Å²) < 4.78 is 9.16. The van der Waals surface area contributed by atoms with Gasteiger partial charge in [-0.3, -0.25) is 14.9 Å². The molecule has 0 radical (unpaired) electrons. The van der Waals surface area contributed by atoms with Crippen molar-refractivity contribution >= 4 is 40.8 Å². The number of ether oxygens (including phenoxy) is 2. The van der Waals surface area contributed by atoms with E-state index < -0.39 is 29.4 Å². The van der Waals surface area contributed by atoms with E-state index >= 15 is 0 Å². The van der Waals surface area contributed by atoms with Crippen LogP contribution < -0.4 is 5.32 Å². The van der Waals surface area contributed by atoms with E-state index in [-0.39, 0.29) is 23.0 Å². The Morgan fingerprint density at radius 2 is 1.88 bits per heavy atom. The van der Waals surface area contributed by atoms with Gasteiger partial charge in [-0.05, 0) is 19.1 Å². The molecular weight excluding hydrogens is 344 g/mol. The zero-order valence-corrected chi connectivity index (χ0v) is 13.2. The second-order valence-corrected chi connectivity index (χ2v) is 4.57. The Morgan fingerprint density at radius 3 is 2.46 bits per heavy atom. The van der Waals surface area contributed by atoms with Crippen molar-refractivity contribution in [2.75, 3.05) is 18.5 Å². The molecule has 0 aliphatic rings. The molecule has 0 bridgehead atoms. The minimum atomic E-state index is -0.916. The van der Waals surface area contributed by atoms with Gasteiger partial charge in [-0.25, -0.2) is 9.59 Å². The molecule has 1 aromatic rings. The fourth-order valence-electron chi connectivity index (χ4n) is 1.44. The fourth-order valence-corrected chi connectivity index (χ4v) is 1.63. The number of halogens is 1. The average Bonchev–Trinajstić information content (AvgIpc) is 2.52. The maximum Gasteiger partial charge on any atom is 0.331 e. The molecule has 0 spiro atoms. The highest BCUT2D eigenvalue weighted by Crippen LogP contribution is 2.27. The fraction of sp³-hybridized carbons (Fsp3) is 0.214. The molecule has 0 saturated heterocycles. The number of nitrogens with zero attached hydrogens (tertiary/aromatic N) is 1. The van der Waals surface area contributed by atoms with Gasteiger partial charge in [-0.2, -0.15) is 0 Å². The molecule has 0 aliphatic carbocycles. The molecule has 1 aromatic carbocycles. The lowest BCUT2D eigenvalue weighted by molar-refractivity contribution is -0.384. The molecule has 10 heteroatoms. The Hall–Kier alpha value is -2.94. The molecule has 0 heterocycles. The van der Waals surface area contributed by atoms with Crippen LogP contribution >= 0.6 is 11.6 Å². The van der Waals surface area contributed by atoms with Crippen LogP contribution in [0.3, 0.4) is 0 Å². The van der Waals surface area contributed by atoms with Gasteiger partial charge in [0.2, 0.25) is 0 Å². The topological polar surface area (TPSA) is 125 Å². The van der Waals surface area contributed by atoms with Gasteiger partial charge in [-0.1, -0.05) is 11.6 Å². The number of amides is 1. The number of benzene rings is 1. The van der Waals surface area contributed by atoms with Crippen molar-refractivity contribution in [1.82, 2.24) is 0 Å². The molecule has 24 heavy (non-hydrogen) atoms. The lowest BCUT2D eigenvalue weighted by Crippen LogP contribution is -2.20. The molecule has 1 amide bonds. The summed E-state index contributed by atoms with van der Waals surface area (Å²) in [5.74, 6) is -2.35. The summed E-state index contributed by atoms with van der Waals surface area (Å²) in [6, 6.07) is 3.68. The molecule has 128 valence electrons. The molecule has 1 N–H and O–H groups in total. The number of anilines is 1. The second-order valence-electron chi connectivity index (χ2n) is 4.16. The van der Waals surface area contributed by atoms with E-state index in [2.05, 4.69) is 14.8 Å². The van der Waals surface area contributed by atoms with Gasteiger partial charge in [0.15, 0.2) is 6.61 Å². The average molecular weight is 357 g/mol. The molecular formula is C14H13ClN2O7. The van der Waals surface area contributed by atoms with E-state index in [4.69, 9.17) is 11.6 Å². The van der Waals surface area contributed by atoms with Gasteiger partial charge in [0.05, 0.1) is 11.5 Å². The van der Waals surface area contributed by atoms with Crippen LogP contribution in [0.1, 0.15) is 6.92 Å². The molecule has 1 rings (SSSR count). The van der Waals surface area contributed by atoms with Gasteiger partial charge in [0, 0.05) is 23.9 Å². The predicted molar refractivity (Wildman–Crippen MR) is 83.5 cm³/mol. The summed E-state index contributed by atoms with van der Waals surface area (Å²) in [4.78, 5) is 43.9. The highest BCUT2D eigenvalue weighted by molar-refractivity contribution is 6.32. The van der Waals surface area contributed by atoms with Crippen molar-refractivity contribution in [2.24, 2.45) is 0 Å². The van der Waals surface area contributed by atoms with Gasteiger partial charge in [-0.15, -0.1) is 0 Å². The van der Waals surface area contributed by atoms with Crippen LogP contribution in [-0.2, 0) is 23.9 Å². The first-order chi connectivity index (χ1) is 11.3. The smallest absolute Gasteiger partial charge is 0.331 e. The third kappa shape index (κ3) is 6.44. The summed E-state index contributed by atoms with van der Waals surface area (Å²) >= 11 is 5.64.